The van der Waals surface area contributed by atoms with Crippen LogP contribution in [0.4, 0.5) is 0 Å². The minimum absolute atomic E-state index is 0.0669. The van der Waals surface area contributed by atoms with Crippen molar-refractivity contribution in [3.63, 3.8) is 0 Å². The van der Waals surface area contributed by atoms with Crippen LogP contribution >= 0.6 is 11.6 Å². The van der Waals surface area contributed by atoms with Gasteiger partial charge in [-0.2, -0.15) is 0 Å². The van der Waals surface area contributed by atoms with Crippen LogP contribution < -0.4 is 0 Å². The van der Waals surface area contributed by atoms with Gasteiger partial charge in [0.15, 0.2) is 0 Å². The zero-order chi connectivity index (χ0) is 14.9. The lowest BCUT2D eigenvalue weighted by Gasteiger charge is -2.52. The highest BCUT2D eigenvalue weighted by molar-refractivity contribution is 6.17. The number of aliphatic hydroxyl groups excluding tert-OH is 2. The molecule has 4 rings (SSSR count). The van der Waals surface area contributed by atoms with Crippen LogP contribution in [0.5, 0.6) is 0 Å². The molecular formula is C16H21ClO4. The van der Waals surface area contributed by atoms with Gasteiger partial charge in [-0.05, 0) is 19.8 Å². The van der Waals surface area contributed by atoms with Gasteiger partial charge in [-0.3, -0.25) is 0 Å². The second-order valence-electron chi connectivity index (χ2n) is 6.84. The van der Waals surface area contributed by atoms with Crippen molar-refractivity contribution in [3.05, 3.63) is 24.3 Å². The summed E-state index contributed by atoms with van der Waals surface area (Å²) in [7, 11) is 0. The summed E-state index contributed by atoms with van der Waals surface area (Å²) >= 11 is 5.88. The zero-order valence-corrected chi connectivity index (χ0v) is 12.8. The van der Waals surface area contributed by atoms with E-state index in [2.05, 4.69) is 6.08 Å². The number of hydrogen-bond acceptors (Lipinski definition) is 4. The van der Waals surface area contributed by atoms with Gasteiger partial charge in [0.05, 0.1) is 47.5 Å². The third kappa shape index (κ3) is 1.19. The maximum absolute atomic E-state index is 10.4. The Balaban J connectivity index is 1.92. The average Bonchev–Trinajstić information content (AvgIpc) is 3.18. The van der Waals surface area contributed by atoms with Crippen LogP contribution in [0.3, 0.4) is 0 Å². The number of fused-ring (bicyclic) bond motifs is 9. The quantitative estimate of drug-likeness (QED) is 0.595. The molecule has 0 aromatic heterocycles. The summed E-state index contributed by atoms with van der Waals surface area (Å²) in [6.07, 6.45) is 9.20. The lowest BCUT2D eigenvalue weighted by atomic mass is 9.46. The molecule has 0 aromatic carbocycles. The topological polar surface area (TPSA) is 58.9 Å². The van der Waals surface area contributed by atoms with Crippen molar-refractivity contribution >= 4 is 11.6 Å². The average molecular weight is 313 g/mol. The number of rotatable bonds is 5. The molecule has 4 aliphatic rings. The van der Waals surface area contributed by atoms with Gasteiger partial charge >= 0.3 is 0 Å². The number of aliphatic hydroxyl groups is 2. The van der Waals surface area contributed by atoms with E-state index in [9.17, 15) is 10.2 Å². The second-order valence-corrected chi connectivity index (χ2v) is 7.22. The summed E-state index contributed by atoms with van der Waals surface area (Å²) in [5, 5.41) is 20.7. The molecule has 4 heterocycles. The monoisotopic (exact) mass is 312 g/mol. The number of halogens is 1. The zero-order valence-electron chi connectivity index (χ0n) is 12.1. The van der Waals surface area contributed by atoms with E-state index in [0.29, 0.717) is 5.88 Å². The minimum atomic E-state index is -0.635. The molecule has 21 heavy (non-hydrogen) atoms. The van der Waals surface area contributed by atoms with Crippen molar-refractivity contribution in [2.75, 3.05) is 19.1 Å². The number of ether oxygens (including phenoxy) is 2. The van der Waals surface area contributed by atoms with E-state index in [-0.39, 0.29) is 25.4 Å². The maximum atomic E-state index is 10.4. The SMILES string of the molecule is C[C@]12C=C[C@H](O1)[C@@]1(CO)[C@]2(CO)[C@@H]2C=C[C@@]1(CCCCl)O2. The molecule has 4 aliphatic heterocycles. The number of alkyl halides is 1. The molecule has 4 bridgehead atoms. The third-order valence-corrected chi connectivity index (χ3v) is 6.69. The van der Waals surface area contributed by atoms with Gasteiger partial charge < -0.3 is 19.7 Å². The normalized spacial score (nSPS) is 55.6. The molecule has 0 saturated carbocycles. The first-order chi connectivity index (χ1) is 10.1. The third-order valence-electron chi connectivity index (χ3n) is 6.43. The Kier molecular flexibility index (Phi) is 2.79. The smallest absolute Gasteiger partial charge is 0.0986 e. The highest BCUT2D eigenvalue weighted by Crippen LogP contribution is 2.75. The van der Waals surface area contributed by atoms with Crippen molar-refractivity contribution in [2.24, 2.45) is 10.8 Å². The van der Waals surface area contributed by atoms with E-state index >= 15 is 0 Å². The van der Waals surface area contributed by atoms with Crippen molar-refractivity contribution < 1.29 is 19.7 Å². The summed E-state index contributed by atoms with van der Waals surface area (Å²) in [6, 6.07) is 0. The summed E-state index contributed by atoms with van der Waals surface area (Å²) in [5.41, 5.74) is -2.47. The fourth-order valence-electron chi connectivity index (χ4n) is 5.50. The molecule has 0 spiro atoms. The first-order valence-corrected chi connectivity index (χ1v) is 8.11. The fraction of sp³-hybridized carbons (Fsp3) is 0.750. The standard InChI is InChI=1S/C16H21ClO4/c1-13-6-3-12(20-13)16(10-19)14(5-2-8-17)7-4-11(21-14)15(13,16)9-18/h3-4,6-7,11-12,18-19H,2,5,8-10H2,1H3/t11-,12-,13+,14+,15+,16+/m0/s1. The van der Waals surface area contributed by atoms with E-state index in [0.717, 1.165) is 12.8 Å². The van der Waals surface area contributed by atoms with Gasteiger partial charge in [-0.25, -0.2) is 0 Å². The highest BCUT2D eigenvalue weighted by Gasteiger charge is 2.85. The van der Waals surface area contributed by atoms with E-state index in [1.807, 2.05) is 25.2 Å². The van der Waals surface area contributed by atoms with Crippen molar-refractivity contribution in [2.45, 2.75) is 43.2 Å². The lowest BCUT2D eigenvalue weighted by molar-refractivity contribution is -0.0986. The molecule has 0 aliphatic carbocycles. The van der Waals surface area contributed by atoms with E-state index < -0.39 is 22.0 Å². The maximum Gasteiger partial charge on any atom is 0.0986 e. The Bertz CT molecular complexity index is 534. The van der Waals surface area contributed by atoms with Crippen LogP contribution in [0, 0.1) is 10.8 Å². The molecule has 5 heteroatoms. The van der Waals surface area contributed by atoms with Gasteiger partial charge in [-0.1, -0.05) is 24.3 Å². The van der Waals surface area contributed by atoms with E-state index in [4.69, 9.17) is 21.1 Å². The summed E-state index contributed by atoms with van der Waals surface area (Å²) < 4.78 is 12.6. The molecule has 6 atom stereocenters. The van der Waals surface area contributed by atoms with Crippen molar-refractivity contribution in [1.82, 2.24) is 0 Å². The Labute approximate surface area is 129 Å². The molecule has 2 fully saturated rings. The van der Waals surface area contributed by atoms with Crippen LogP contribution in [0.25, 0.3) is 0 Å². The van der Waals surface area contributed by atoms with Crippen LogP contribution in [-0.4, -0.2) is 52.7 Å². The molecule has 4 nitrogen and oxygen atoms in total. The van der Waals surface area contributed by atoms with Crippen LogP contribution in [0.2, 0.25) is 0 Å². The molecule has 116 valence electrons. The summed E-state index contributed by atoms with van der Waals surface area (Å²) in [5.74, 6) is 0.551. The molecular weight excluding hydrogens is 292 g/mol. The molecule has 2 N–H and O–H groups in total. The highest BCUT2D eigenvalue weighted by atomic mass is 35.5. The Morgan fingerprint density at radius 2 is 1.71 bits per heavy atom. The van der Waals surface area contributed by atoms with Crippen molar-refractivity contribution in [3.8, 4) is 0 Å². The Morgan fingerprint density at radius 1 is 1.05 bits per heavy atom. The summed E-state index contributed by atoms with van der Waals surface area (Å²) in [4.78, 5) is 0. The predicted octanol–water partition coefficient (Wildman–Crippen LogP) is 1.40. The van der Waals surface area contributed by atoms with Gasteiger partial charge in [0.25, 0.3) is 0 Å². The second kappa shape index (κ2) is 4.12. The summed E-state index contributed by atoms with van der Waals surface area (Å²) in [6.45, 7) is 1.86. The largest absolute Gasteiger partial charge is 0.396 e. The van der Waals surface area contributed by atoms with Crippen LogP contribution in [0.15, 0.2) is 24.3 Å². The van der Waals surface area contributed by atoms with Crippen molar-refractivity contribution in [1.29, 1.82) is 0 Å². The van der Waals surface area contributed by atoms with Gasteiger partial charge in [0.2, 0.25) is 0 Å². The van der Waals surface area contributed by atoms with E-state index in [1.54, 1.807) is 0 Å². The van der Waals surface area contributed by atoms with Crippen LogP contribution in [0.1, 0.15) is 19.8 Å². The first kappa shape index (κ1) is 14.2. The molecule has 0 amide bonds. The first-order valence-electron chi connectivity index (χ1n) is 7.58. The molecule has 0 unspecified atom stereocenters. The Morgan fingerprint density at radius 3 is 2.38 bits per heavy atom. The molecule has 0 radical (unpaired) electrons. The molecule has 2 saturated heterocycles. The lowest BCUT2D eigenvalue weighted by Crippen LogP contribution is -2.65. The Hall–Kier alpha value is -0.390. The minimum Gasteiger partial charge on any atom is -0.396 e. The van der Waals surface area contributed by atoms with Gasteiger partial charge in [0, 0.05) is 5.88 Å². The van der Waals surface area contributed by atoms with Gasteiger partial charge in [0.1, 0.15) is 0 Å². The molecule has 0 aromatic rings. The predicted molar refractivity (Wildman–Crippen MR) is 78.2 cm³/mol. The van der Waals surface area contributed by atoms with E-state index in [1.165, 1.54) is 0 Å². The van der Waals surface area contributed by atoms with Gasteiger partial charge in [-0.15, -0.1) is 11.6 Å². The number of hydrogen-bond donors (Lipinski definition) is 2. The fourth-order valence-corrected chi connectivity index (χ4v) is 5.63. The van der Waals surface area contributed by atoms with Crippen LogP contribution in [-0.2, 0) is 9.47 Å².